The minimum Gasteiger partial charge on any atom is -0.508 e. The van der Waals surface area contributed by atoms with E-state index in [1.807, 2.05) is 13.0 Å². The van der Waals surface area contributed by atoms with E-state index < -0.39 is 29.4 Å². The molecule has 10 heteroatoms. The van der Waals surface area contributed by atoms with Crippen LogP contribution in [0.2, 0.25) is 0 Å². The first kappa shape index (κ1) is 33.7. The van der Waals surface area contributed by atoms with E-state index in [1.165, 1.54) is 0 Å². The lowest BCUT2D eigenvalue weighted by Crippen LogP contribution is -2.62. The predicted octanol–water partition coefficient (Wildman–Crippen LogP) is 6.75. The summed E-state index contributed by atoms with van der Waals surface area (Å²) in [5.41, 5.74) is 1.47. The molecule has 0 radical (unpaired) electrons. The van der Waals surface area contributed by atoms with Crippen molar-refractivity contribution in [2.75, 3.05) is 14.2 Å². The fraction of sp³-hybridized carbons (Fsp3) is 0.697. The van der Waals surface area contributed by atoms with Crippen LogP contribution in [-0.2, 0) is 38.0 Å². The van der Waals surface area contributed by atoms with Gasteiger partial charge in [0.1, 0.15) is 30.1 Å². The molecule has 3 heterocycles. The van der Waals surface area contributed by atoms with Crippen LogP contribution in [0.4, 0.5) is 0 Å². The van der Waals surface area contributed by atoms with Crippen molar-refractivity contribution in [1.29, 1.82) is 0 Å². The van der Waals surface area contributed by atoms with Crippen molar-refractivity contribution >= 4 is 27.9 Å². The first-order valence-electron chi connectivity index (χ1n) is 15.2. The number of hydrogen-bond acceptors (Lipinski definition) is 9. The molecule has 3 aliphatic heterocycles. The number of benzene rings is 1. The number of carbonyl (C=O) groups is 2. The van der Waals surface area contributed by atoms with Crippen LogP contribution in [0.3, 0.4) is 0 Å². The van der Waals surface area contributed by atoms with Gasteiger partial charge in [-0.2, -0.15) is 0 Å². The fourth-order valence-electron chi connectivity index (χ4n) is 6.88. The molecule has 8 atom stereocenters. The van der Waals surface area contributed by atoms with E-state index in [4.69, 9.17) is 28.4 Å². The maximum absolute atomic E-state index is 13.0. The zero-order chi connectivity index (χ0) is 31.7. The topological polar surface area (TPSA) is 110 Å². The minimum absolute atomic E-state index is 0.0494. The lowest BCUT2D eigenvalue weighted by atomic mass is 9.69. The number of aromatic hydroxyl groups is 1. The van der Waals surface area contributed by atoms with Gasteiger partial charge in [0.25, 0.3) is 0 Å². The van der Waals surface area contributed by atoms with E-state index in [-0.39, 0.29) is 54.7 Å². The SMILES string of the molecule is CO[C@@H](CC[C@H](C)[C@@H]1O[C@]2(C[C@@H](OC)[C@@H]1C)OC(CC(=O)O[C@@H]1CC(=O)O[C@@H]1C)=C(C)CC2(C)C)c1cc(O)ccc1Br. The second-order valence-corrected chi connectivity index (χ2v) is 14.0. The predicted molar refractivity (Wildman–Crippen MR) is 163 cm³/mol. The van der Waals surface area contributed by atoms with Gasteiger partial charge in [-0.1, -0.05) is 43.6 Å². The fourth-order valence-corrected chi connectivity index (χ4v) is 7.38. The normalized spacial score (nSPS) is 31.8. The van der Waals surface area contributed by atoms with Gasteiger partial charge < -0.3 is 33.5 Å². The Bertz CT molecular complexity index is 1210. The van der Waals surface area contributed by atoms with Gasteiger partial charge in [0, 0.05) is 36.4 Å². The molecule has 0 amide bonds. The number of methoxy groups -OCH3 is 2. The molecule has 0 saturated carbocycles. The van der Waals surface area contributed by atoms with Crippen molar-refractivity contribution in [2.24, 2.45) is 17.3 Å². The summed E-state index contributed by atoms with van der Waals surface area (Å²) in [5.74, 6) is -0.867. The highest BCUT2D eigenvalue weighted by Crippen LogP contribution is 2.54. The van der Waals surface area contributed by atoms with E-state index in [0.717, 1.165) is 28.5 Å². The molecular weight excluding hydrogens is 620 g/mol. The number of allylic oxidation sites excluding steroid dienone is 1. The smallest absolute Gasteiger partial charge is 0.313 e. The summed E-state index contributed by atoms with van der Waals surface area (Å²) >= 11 is 3.59. The third-order valence-corrected chi connectivity index (χ3v) is 10.3. The lowest BCUT2D eigenvalue weighted by Gasteiger charge is -2.57. The van der Waals surface area contributed by atoms with Crippen LogP contribution >= 0.6 is 15.9 Å². The molecule has 1 aromatic rings. The molecule has 1 N–H and O–H groups in total. The van der Waals surface area contributed by atoms with Gasteiger partial charge in [0.15, 0.2) is 0 Å². The zero-order valence-electron chi connectivity index (χ0n) is 26.6. The third-order valence-electron chi connectivity index (χ3n) is 9.56. The van der Waals surface area contributed by atoms with Crippen LogP contribution in [-0.4, -0.2) is 61.5 Å². The maximum atomic E-state index is 13.0. The zero-order valence-corrected chi connectivity index (χ0v) is 28.2. The molecule has 9 nitrogen and oxygen atoms in total. The number of cyclic esters (lactones) is 1. The largest absolute Gasteiger partial charge is 0.508 e. The molecule has 1 aromatic carbocycles. The second kappa shape index (κ2) is 13.5. The van der Waals surface area contributed by atoms with Crippen LogP contribution < -0.4 is 0 Å². The van der Waals surface area contributed by atoms with E-state index in [9.17, 15) is 14.7 Å². The molecule has 2 saturated heterocycles. The maximum Gasteiger partial charge on any atom is 0.313 e. The molecule has 0 aromatic heterocycles. The number of halogens is 1. The Kier molecular flexibility index (Phi) is 10.6. The van der Waals surface area contributed by atoms with Crippen LogP contribution in [0.1, 0.15) is 91.7 Å². The molecule has 43 heavy (non-hydrogen) atoms. The van der Waals surface area contributed by atoms with Gasteiger partial charge in [-0.15, -0.1) is 0 Å². The standard InChI is InChI=1S/C33H47BrO9/c1-18(9-12-25(38-7)23-13-22(35)10-11-24(23)34)31-20(3)28(39-8)17-33(43-31)32(5,6)16-19(2)26(42-33)14-30(37)41-27-15-29(36)40-21(27)4/h10-11,13,18,20-21,25,27-28,31,35H,9,12,14-17H2,1-8H3/t18-,20-,21+,25-,27+,28+,31-,33-/m0/s1. The molecule has 0 unspecified atom stereocenters. The first-order chi connectivity index (χ1) is 20.2. The molecule has 2 fully saturated rings. The Morgan fingerprint density at radius 3 is 2.53 bits per heavy atom. The average Bonchev–Trinajstić information content (AvgIpc) is 3.25. The van der Waals surface area contributed by atoms with Crippen LogP contribution in [0.25, 0.3) is 0 Å². The molecule has 0 aliphatic carbocycles. The number of ether oxygens (including phenoxy) is 6. The number of rotatable bonds is 10. The summed E-state index contributed by atoms with van der Waals surface area (Å²) in [7, 11) is 3.41. The lowest BCUT2D eigenvalue weighted by molar-refractivity contribution is -0.353. The van der Waals surface area contributed by atoms with Gasteiger partial charge in [-0.3, -0.25) is 9.59 Å². The third kappa shape index (κ3) is 7.24. The van der Waals surface area contributed by atoms with Crippen molar-refractivity contribution in [3.63, 3.8) is 0 Å². The molecule has 0 bridgehead atoms. The molecule has 3 aliphatic rings. The van der Waals surface area contributed by atoms with E-state index in [0.29, 0.717) is 18.6 Å². The number of esters is 2. The Balaban J connectivity index is 1.51. The van der Waals surface area contributed by atoms with E-state index in [1.54, 1.807) is 33.3 Å². The Hall–Kier alpha value is -2.14. The van der Waals surface area contributed by atoms with Gasteiger partial charge in [-0.25, -0.2) is 0 Å². The first-order valence-corrected chi connectivity index (χ1v) is 16.0. The highest BCUT2D eigenvalue weighted by molar-refractivity contribution is 9.10. The van der Waals surface area contributed by atoms with Gasteiger partial charge in [0.05, 0.1) is 24.7 Å². The highest BCUT2D eigenvalue weighted by Gasteiger charge is 2.59. The van der Waals surface area contributed by atoms with Crippen molar-refractivity contribution in [3.8, 4) is 5.75 Å². The van der Waals surface area contributed by atoms with E-state index >= 15 is 0 Å². The molecule has 240 valence electrons. The summed E-state index contributed by atoms with van der Waals surface area (Å²) in [5, 5.41) is 10.1. The molecular formula is C33H47BrO9. The summed E-state index contributed by atoms with van der Waals surface area (Å²) in [6.07, 6.45) is 1.17. The second-order valence-electron chi connectivity index (χ2n) is 13.1. The van der Waals surface area contributed by atoms with Crippen LogP contribution in [0.5, 0.6) is 5.75 Å². The highest BCUT2D eigenvalue weighted by atomic mass is 79.9. The number of phenolic OH excluding ortho intramolecular Hbond substituents is 1. The van der Waals surface area contributed by atoms with Crippen molar-refractivity contribution in [3.05, 3.63) is 39.6 Å². The minimum atomic E-state index is -1.01. The molecule has 1 spiro atoms. The monoisotopic (exact) mass is 666 g/mol. The summed E-state index contributed by atoms with van der Waals surface area (Å²) in [6, 6.07) is 5.20. The van der Waals surface area contributed by atoms with Crippen LogP contribution in [0, 0.1) is 17.3 Å². The number of carbonyl (C=O) groups excluding carboxylic acids is 2. The average molecular weight is 668 g/mol. The van der Waals surface area contributed by atoms with Crippen molar-refractivity contribution in [2.45, 2.75) is 116 Å². The summed E-state index contributed by atoms with van der Waals surface area (Å²) < 4.78 is 37.3. The Labute approximate surface area is 263 Å². The van der Waals surface area contributed by atoms with Crippen molar-refractivity contribution < 1.29 is 43.1 Å². The Morgan fingerprint density at radius 1 is 1.19 bits per heavy atom. The Morgan fingerprint density at radius 2 is 1.91 bits per heavy atom. The van der Waals surface area contributed by atoms with Crippen LogP contribution in [0.15, 0.2) is 34.0 Å². The molecule has 4 rings (SSSR count). The van der Waals surface area contributed by atoms with Gasteiger partial charge >= 0.3 is 11.9 Å². The quantitative estimate of drug-likeness (QED) is 0.271. The number of phenols is 1. The summed E-state index contributed by atoms with van der Waals surface area (Å²) in [4.78, 5) is 24.6. The van der Waals surface area contributed by atoms with Gasteiger partial charge in [0.2, 0.25) is 5.79 Å². The van der Waals surface area contributed by atoms with Crippen molar-refractivity contribution in [1.82, 2.24) is 0 Å². The summed E-state index contributed by atoms with van der Waals surface area (Å²) in [6.45, 7) is 12.3. The van der Waals surface area contributed by atoms with E-state index in [2.05, 4.69) is 43.6 Å². The van der Waals surface area contributed by atoms with Gasteiger partial charge in [-0.05, 0) is 68.4 Å². The number of hydrogen-bond donors (Lipinski definition) is 1.